The summed E-state index contributed by atoms with van der Waals surface area (Å²) in [5.41, 5.74) is 1.52. The number of nitrogens with one attached hydrogen (secondary N) is 1. The molecule has 2 aromatic carbocycles. The van der Waals surface area contributed by atoms with Crippen molar-refractivity contribution in [3.63, 3.8) is 0 Å². The molecule has 138 valence electrons. The normalized spacial score (nSPS) is 16.3. The first-order chi connectivity index (χ1) is 12.5. The Morgan fingerprint density at radius 3 is 2.62 bits per heavy atom. The number of rotatable bonds is 5. The van der Waals surface area contributed by atoms with Crippen molar-refractivity contribution in [2.45, 2.75) is 6.04 Å². The molecule has 0 aliphatic carbocycles. The monoisotopic (exact) mass is 488 g/mol. The van der Waals surface area contributed by atoms with E-state index in [-0.39, 0.29) is 17.8 Å². The first-order valence-electron chi connectivity index (χ1n) is 8.35. The van der Waals surface area contributed by atoms with E-state index in [1.54, 1.807) is 24.3 Å². The Morgan fingerprint density at radius 1 is 1.23 bits per heavy atom. The number of hydrogen-bond donors (Lipinski definition) is 1. The van der Waals surface area contributed by atoms with Crippen LogP contribution in [0.5, 0.6) is 0 Å². The van der Waals surface area contributed by atoms with Crippen LogP contribution < -0.4 is 5.32 Å². The fourth-order valence-corrected chi connectivity index (χ4v) is 3.74. The van der Waals surface area contributed by atoms with E-state index >= 15 is 0 Å². The first-order valence-corrected chi connectivity index (χ1v) is 9.81. The molecule has 1 aliphatic heterocycles. The maximum atomic E-state index is 13.3. The van der Waals surface area contributed by atoms with Crippen LogP contribution in [0.1, 0.15) is 22.0 Å². The Labute approximate surface area is 170 Å². The van der Waals surface area contributed by atoms with Crippen molar-refractivity contribution >= 4 is 40.1 Å². The minimum Gasteiger partial charge on any atom is -0.379 e. The van der Waals surface area contributed by atoms with Gasteiger partial charge in [-0.05, 0) is 58.5 Å². The number of amides is 1. The number of hydrogen-bond acceptors (Lipinski definition) is 3. The molecule has 1 N–H and O–H groups in total. The molecular weight excluding hydrogens is 470 g/mol. The van der Waals surface area contributed by atoms with Crippen molar-refractivity contribution in [3.8, 4) is 0 Å². The number of carbonyl (C=O) groups is 1. The Hall–Kier alpha value is -1.22. The molecule has 4 nitrogen and oxygen atoms in total. The molecule has 1 saturated heterocycles. The van der Waals surface area contributed by atoms with E-state index in [0.717, 1.165) is 22.2 Å². The van der Waals surface area contributed by atoms with Gasteiger partial charge in [0.1, 0.15) is 5.82 Å². The molecule has 1 amide bonds. The predicted octanol–water partition coefficient (Wildman–Crippen LogP) is 3.89. The van der Waals surface area contributed by atoms with Gasteiger partial charge in [0.05, 0.1) is 24.8 Å². The average molecular weight is 489 g/mol. The van der Waals surface area contributed by atoms with E-state index in [1.807, 2.05) is 6.07 Å². The number of morpholine rings is 1. The van der Waals surface area contributed by atoms with Gasteiger partial charge in [0, 0.05) is 28.2 Å². The smallest absolute Gasteiger partial charge is 0.252 e. The zero-order chi connectivity index (χ0) is 18.5. The van der Waals surface area contributed by atoms with Crippen LogP contribution in [-0.4, -0.2) is 43.7 Å². The van der Waals surface area contributed by atoms with Gasteiger partial charge in [-0.3, -0.25) is 9.69 Å². The number of halogens is 3. The summed E-state index contributed by atoms with van der Waals surface area (Å²) in [4.78, 5) is 14.9. The molecule has 26 heavy (non-hydrogen) atoms. The second-order valence-electron chi connectivity index (χ2n) is 6.05. The number of carbonyl (C=O) groups excluding carboxylic acids is 1. The van der Waals surface area contributed by atoms with Crippen LogP contribution in [0, 0.1) is 9.39 Å². The summed E-state index contributed by atoms with van der Waals surface area (Å²) >= 11 is 8.13. The summed E-state index contributed by atoms with van der Waals surface area (Å²) < 4.78 is 19.6. The molecule has 0 radical (unpaired) electrons. The highest BCUT2D eigenvalue weighted by molar-refractivity contribution is 14.1. The SMILES string of the molecule is O=C(NCC(c1ccc(F)cc1)N1CCOCC1)c1cc(Cl)ccc1I. The van der Waals surface area contributed by atoms with Crippen LogP contribution in [0.3, 0.4) is 0 Å². The summed E-state index contributed by atoms with van der Waals surface area (Å²) in [5, 5.41) is 3.53. The number of ether oxygens (including phenoxy) is 1. The van der Waals surface area contributed by atoms with Crippen LogP contribution in [0.25, 0.3) is 0 Å². The standard InChI is InChI=1S/C19H19ClFIN2O2/c20-14-3-6-17(22)16(11-14)19(25)23-12-18(24-7-9-26-10-8-24)13-1-4-15(21)5-2-13/h1-6,11,18H,7-10,12H2,(H,23,25). The summed E-state index contributed by atoms with van der Waals surface area (Å²) in [6.45, 7) is 3.27. The highest BCUT2D eigenvalue weighted by Gasteiger charge is 2.24. The zero-order valence-corrected chi connectivity index (χ0v) is 17.0. The molecule has 7 heteroatoms. The van der Waals surface area contributed by atoms with Gasteiger partial charge in [-0.25, -0.2) is 4.39 Å². The fraction of sp³-hybridized carbons (Fsp3) is 0.316. The van der Waals surface area contributed by atoms with Crippen molar-refractivity contribution in [2.24, 2.45) is 0 Å². The number of nitrogens with zero attached hydrogens (tertiary/aromatic N) is 1. The molecule has 1 heterocycles. The maximum absolute atomic E-state index is 13.3. The molecule has 1 fully saturated rings. The summed E-state index contributed by atoms with van der Waals surface area (Å²) in [5.74, 6) is -0.440. The second kappa shape index (κ2) is 9.12. The predicted molar refractivity (Wildman–Crippen MR) is 108 cm³/mol. The van der Waals surface area contributed by atoms with Gasteiger partial charge in [-0.15, -0.1) is 0 Å². The third-order valence-corrected chi connectivity index (χ3v) is 5.55. The lowest BCUT2D eigenvalue weighted by molar-refractivity contribution is 0.0162. The third-order valence-electron chi connectivity index (χ3n) is 4.37. The molecule has 3 rings (SSSR count). The lowest BCUT2D eigenvalue weighted by Crippen LogP contribution is -2.43. The molecule has 0 aromatic heterocycles. The summed E-state index contributed by atoms with van der Waals surface area (Å²) in [6.07, 6.45) is 0. The van der Waals surface area contributed by atoms with Gasteiger partial charge in [0.15, 0.2) is 0 Å². The van der Waals surface area contributed by atoms with Crippen molar-refractivity contribution in [2.75, 3.05) is 32.8 Å². The lowest BCUT2D eigenvalue weighted by atomic mass is 10.0. The topological polar surface area (TPSA) is 41.6 Å². The minimum absolute atomic E-state index is 0.0414. The fourth-order valence-electron chi connectivity index (χ4n) is 2.99. The van der Waals surface area contributed by atoms with Crippen LogP contribution >= 0.6 is 34.2 Å². The molecule has 1 aliphatic rings. The summed E-state index contributed by atoms with van der Waals surface area (Å²) in [6, 6.07) is 11.6. The number of benzene rings is 2. The summed E-state index contributed by atoms with van der Waals surface area (Å²) in [7, 11) is 0. The van der Waals surface area contributed by atoms with E-state index < -0.39 is 0 Å². The van der Waals surface area contributed by atoms with Gasteiger partial charge in [0.25, 0.3) is 5.91 Å². The van der Waals surface area contributed by atoms with E-state index in [4.69, 9.17) is 16.3 Å². The quantitative estimate of drug-likeness (QED) is 0.650. The third kappa shape index (κ3) is 4.94. The Kier molecular flexibility index (Phi) is 6.86. The van der Waals surface area contributed by atoms with Crippen LogP contribution in [0.2, 0.25) is 5.02 Å². The molecular formula is C19H19ClFIN2O2. The van der Waals surface area contributed by atoms with Gasteiger partial charge in [-0.1, -0.05) is 23.7 Å². The Bertz CT molecular complexity index is 767. The molecule has 1 unspecified atom stereocenters. The van der Waals surface area contributed by atoms with E-state index in [0.29, 0.717) is 30.3 Å². The van der Waals surface area contributed by atoms with Crippen molar-refractivity contribution in [3.05, 3.63) is 68.0 Å². The Morgan fingerprint density at radius 2 is 1.92 bits per heavy atom. The molecule has 0 spiro atoms. The van der Waals surface area contributed by atoms with E-state index in [1.165, 1.54) is 12.1 Å². The molecule has 1 atom stereocenters. The molecule has 2 aromatic rings. The molecule has 0 bridgehead atoms. The van der Waals surface area contributed by atoms with Crippen molar-refractivity contribution in [1.29, 1.82) is 0 Å². The highest BCUT2D eigenvalue weighted by atomic mass is 127. The molecule has 0 saturated carbocycles. The zero-order valence-electron chi connectivity index (χ0n) is 14.1. The van der Waals surface area contributed by atoms with Gasteiger partial charge in [-0.2, -0.15) is 0 Å². The first kappa shape index (κ1) is 19.5. The van der Waals surface area contributed by atoms with Gasteiger partial charge in [0.2, 0.25) is 0 Å². The van der Waals surface area contributed by atoms with Crippen LogP contribution in [0.4, 0.5) is 4.39 Å². The van der Waals surface area contributed by atoms with Crippen molar-refractivity contribution < 1.29 is 13.9 Å². The van der Waals surface area contributed by atoms with Gasteiger partial charge >= 0.3 is 0 Å². The Balaban J connectivity index is 1.75. The van der Waals surface area contributed by atoms with Gasteiger partial charge < -0.3 is 10.1 Å². The van der Waals surface area contributed by atoms with E-state index in [2.05, 4.69) is 32.8 Å². The van der Waals surface area contributed by atoms with Crippen LogP contribution in [-0.2, 0) is 4.74 Å². The lowest BCUT2D eigenvalue weighted by Gasteiger charge is -2.35. The van der Waals surface area contributed by atoms with Crippen LogP contribution in [0.15, 0.2) is 42.5 Å². The van der Waals surface area contributed by atoms with E-state index in [9.17, 15) is 9.18 Å². The second-order valence-corrected chi connectivity index (χ2v) is 7.65. The minimum atomic E-state index is -0.271. The maximum Gasteiger partial charge on any atom is 0.252 e. The largest absolute Gasteiger partial charge is 0.379 e. The average Bonchev–Trinajstić information content (AvgIpc) is 2.66. The van der Waals surface area contributed by atoms with Crippen molar-refractivity contribution in [1.82, 2.24) is 10.2 Å². The highest BCUT2D eigenvalue weighted by Crippen LogP contribution is 2.23.